The monoisotopic (exact) mass is 622 g/mol. The fraction of sp³-hybridized carbons (Fsp3) is 0.433. The lowest BCUT2D eigenvalue weighted by atomic mass is 9.78. The van der Waals surface area contributed by atoms with E-state index in [9.17, 15) is 18.7 Å². The number of halogens is 4. The molecule has 2 N–H and O–H groups in total. The summed E-state index contributed by atoms with van der Waals surface area (Å²) in [6, 6.07) is 7.59. The van der Waals surface area contributed by atoms with Gasteiger partial charge >= 0.3 is 5.97 Å². The molecule has 2 aromatic heterocycles. The van der Waals surface area contributed by atoms with E-state index in [1.54, 1.807) is 24.3 Å². The van der Waals surface area contributed by atoms with Crippen molar-refractivity contribution in [2.75, 3.05) is 0 Å². The number of fused-ring (bicyclic) bond motifs is 3. The molecule has 2 aliphatic rings. The van der Waals surface area contributed by atoms with Crippen molar-refractivity contribution in [1.82, 2.24) is 10.1 Å². The fourth-order valence-corrected chi connectivity index (χ4v) is 8.25. The van der Waals surface area contributed by atoms with Crippen molar-refractivity contribution in [3.63, 3.8) is 0 Å². The minimum absolute atomic E-state index is 0.000171. The highest BCUT2D eigenvalue weighted by Gasteiger charge is 2.45. The molecule has 41 heavy (non-hydrogen) atoms. The van der Waals surface area contributed by atoms with Gasteiger partial charge in [-0.3, -0.25) is 0 Å². The third-order valence-electron chi connectivity index (χ3n) is 8.17. The number of hydrogen-bond donors (Lipinski definition) is 2. The number of benzene rings is 2. The first-order chi connectivity index (χ1) is 19.4. The van der Waals surface area contributed by atoms with E-state index in [0.29, 0.717) is 49.5 Å². The van der Waals surface area contributed by atoms with E-state index in [0.717, 1.165) is 11.1 Å². The zero-order chi connectivity index (χ0) is 29.6. The van der Waals surface area contributed by atoms with Gasteiger partial charge in [-0.1, -0.05) is 47.8 Å². The molecule has 2 aromatic carbocycles. The predicted molar refractivity (Wildman–Crippen MR) is 156 cm³/mol. The van der Waals surface area contributed by atoms with E-state index in [-0.39, 0.29) is 22.6 Å². The third kappa shape index (κ3) is 5.74. The number of aromatic nitrogens is 2. The van der Waals surface area contributed by atoms with E-state index in [1.807, 2.05) is 0 Å². The lowest BCUT2D eigenvalue weighted by molar-refractivity contribution is 0.0696. The maximum Gasteiger partial charge on any atom is 0.335 e. The van der Waals surface area contributed by atoms with Crippen molar-refractivity contribution in [3.8, 4) is 11.3 Å². The Morgan fingerprint density at radius 2 is 1.93 bits per heavy atom. The second-order valence-electron chi connectivity index (χ2n) is 11.3. The number of aliphatic hydroxyl groups excluding tert-OH is 1. The second kappa shape index (κ2) is 11.6. The molecule has 2 heterocycles. The van der Waals surface area contributed by atoms with Gasteiger partial charge in [0, 0.05) is 11.5 Å². The van der Waals surface area contributed by atoms with Gasteiger partial charge in [0.05, 0.1) is 37.5 Å². The van der Waals surface area contributed by atoms with E-state index >= 15 is 0 Å². The Hall–Kier alpha value is -2.59. The molecule has 218 valence electrons. The highest BCUT2D eigenvalue weighted by atomic mass is 35.5. The molecule has 2 aliphatic carbocycles. The summed E-state index contributed by atoms with van der Waals surface area (Å²) in [5.74, 6) is 0.826. The lowest BCUT2D eigenvalue weighted by Gasteiger charge is -2.29. The molecule has 0 radical (unpaired) electrons. The van der Waals surface area contributed by atoms with Gasteiger partial charge in [0.1, 0.15) is 11.2 Å². The average Bonchev–Trinajstić information content (AvgIpc) is 3.57. The largest absolute Gasteiger partial charge is 0.478 e. The molecule has 2 saturated carbocycles. The Bertz CT molecular complexity index is 1580. The van der Waals surface area contributed by atoms with Crippen molar-refractivity contribution in [3.05, 3.63) is 68.1 Å². The van der Waals surface area contributed by atoms with Gasteiger partial charge in [-0.25, -0.2) is 18.6 Å². The number of rotatable bonds is 5. The van der Waals surface area contributed by atoms with Crippen molar-refractivity contribution in [2.45, 2.75) is 64.6 Å². The summed E-state index contributed by atoms with van der Waals surface area (Å²) in [7, 11) is 0. The first-order valence-corrected chi connectivity index (χ1v) is 15.0. The molecule has 4 unspecified atom stereocenters. The standard InChI is InChI=1S/C17H18FNO2S.C13H12Cl2FNO2/c1-8-5-9-3-2-4-11(8)14(9)16-19-15-12(18)6-10(17(20)21)7-13(15)22-16;1-13(2,16)12-7(6-18)11(17-19-12)10-8(14)4-3-5-9(10)15/h6-9,11,14H,2-5H2,1H3,(H,20,21);3-5,18H,6H2,1-2H3. The molecular weight excluding hydrogens is 593 g/mol. The van der Waals surface area contributed by atoms with Crippen LogP contribution in [0.2, 0.25) is 10.0 Å². The van der Waals surface area contributed by atoms with Gasteiger partial charge in [0.15, 0.2) is 17.2 Å². The maximum absolute atomic E-state index is 14.2. The Kier molecular flexibility index (Phi) is 8.45. The summed E-state index contributed by atoms with van der Waals surface area (Å²) in [6.45, 7) is 4.55. The molecule has 11 heteroatoms. The Labute approximate surface area is 250 Å². The molecule has 0 spiro atoms. The summed E-state index contributed by atoms with van der Waals surface area (Å²) in [5, 5.41) is 24.0. The van der Waals surface area contributed by atoms with Gasteiger partial charge in [0.2, 0.25) is 0 Å². The predicted octanol–water partition coefficient (Wildman–Crippen LogP) is 9.02. The molecule has 4 atom stereocenters. The first-order valence-electron chi connectivity index (χ1n) is 13.5. The molecular formula is C30H30Cl2F2N2O4S. The first kappa shape index (κ1) is 29.9. The number of carbonyl (C=O) groups is 1. The molecule has 2 bridgehead atoms. The van der Waals surface area contributed by atoms with Crippen LogP contribution in [0.25, 0.3) is 21.5 Å². The molecule has 6 nitrogen and oxygen atoms in total. The fourth-order valence-electron chi connectivity index (χ4n) is 6.38. The number of aliphatic hydroxyl groups is 1. The summed E-state index contributed by atoms with van der Waals surface area (Å²) in [6.07, 6.45) is 5.01. The smallest absolute Gasteiger partial charge is 0.335 e. The zero-order valence-corrected chi connectivity index (χ0v) is 25.1. The SMILES string of the molecule is CC(C)(F)c1onc(-c2c(Cl)cccc2Cl)c1CO.CC1CC2CCCC1C2c1nc2c(F)cc(C(=O)O)cc2s1. The van der Waals surface area contributed by atoms with Crippen molar-refractivity contribution in [2.24, 2.45) is 17.8 Å². The molecule has 6 rings (SSSR count). The molecule has 0 aliphatic heterocycles. The van der Waals surface area contributed by atoms with Crippen LogP contribution in [0.3, 0.4) is 0 Å². The van der Waals surface area contributed by atoms with Gasteiger partial charge in [0.25, 0.3) is 0 Å². The van der Waals surface area contributed by atoms with Gasteiger partial charge < -0.3 is 14.7 Å². The van der Waals surface area contributed by atoms with E-state index in [4.69, 9.17) is 32.8 Å². The van der Waals surface area contributed by atoms with Crippen LogP contribution >= 0.6 is 34.5 Å². The molecule has 0 amide bonds. The number of carboxylic acids is 1. The van der Waals surface area contributed by atoms with Crippen LogP contribution in [-0.4, -0.2) is 26.3 Å². The summed E-state index contributed by atoms with van der Waals surface area (Å²) < 4.78 is 33.8. The molecule has 2 fully saturated rings. The van der Waals surface area contributed by atoms with Gasteiger partial charge in [-0.2, -0.15) is 0 Å². The molecule has 4 aromatic rings. The van der Waals surface area contributed by atoms with Crippen molar-refractivity contribution < 1.29 is 28.3 Å². The summed E-state index contributed by atoms with van der Waals surface area (Å²) in [5.41, 5.74) is -0.477. The van der Waals surface area contributed by atoms with E-state index in [2.05, 4.69) is 17.1 Å². The Morgan fingerprint density at radius 1 is 1.22 bits per heavy atom. The van der Waals surface area contributed by atoms with Gasteiger partial charge in [-0.05, 0) is 75.1 Å². The summed E-state index contributed by atoms with van der Waals surface area (Å²) >= 11 is 13.6. The van der Waals surface area contributed by atoms with Crippen LogP contribution in [0, 0.1) is 23.6 Å². The number of carboxylic acid groups (broad SMARTS) is 1. The van der Waals surface area contributed by atoms with Crippen molar-refractivity contribution >= 4 is 50.7 Å². The quantitative estimate of drug-likeness (QED) is 0.230. The second-order valence-corrected chi connectivity index (χ2v) is 13.2. The minimum Gasteiger partial charge on any atom is -0.478 e. The Balaban J connectivity index is 0.000000167. The average molecular weight is 624 g/mol. The zero-order valence-electron chi connectivity index (χ0n) is 22.8. The maximum atomic E-state index is 14.2. The van der Waals surface area contributed by atoms with Crippen LogP contribution in [-0.2, 0) is 12.3 Å². The summed E-state index contributed by atoms with van der Waals surface area (Å²) in [4.78, 5) is 15.6. The topological polar surface area (TPSA) is 96.5 Å². The third-order valence-corrected chi connectivity index (χ3v) is 9.90. The number of aromatic carboxylic acids is 1. The van der Waals surface area contributed by atoms with E-state index in [1.165, 1.54) is 50.9 Å². The van der Waals surface area contributed by atoms with Gasteiger partial charge in [-0.15, -0.1) is 11.3 Å². The highest BCUT2D eigenvalue weighted by Crippen LogP contribution is 2.56. The number of hydrogen-bond acceptors (Lipinski definition) is 6. The van der Waals surface area contributed by atoms with Crippen LogP contribution in [0.4, 0.5) is 8.78 Å². The Morgan fingerprint density at radius 3 is 2.54 bits per heavy atom. The molecule has 0 saturated heterocycles. The van der Waals surface area contributed by atoms with Crippen molar-refractivity contribution in [1.29, 1.82) is 0 Å². The highest BCUT2D eigenvalue weighted by molar-refractivity contribution is 7.18. The minimum atomic E-state index is -1.75. The van der Waals surface area contributed by atoms with Crippen LogP contribution in [0.15, 0.2) is 34.9 Å². The lowest BCUT2D eigenvalue weighted by Crippen LogP contribution is -2.19. The normalized spacial score (nSPS) is 22.0. The number of thiazole rings is 1. The number of nitrogens with zero attached hydrogens (tertiary/aromatic N) is 2. The van der Waals surface area contributed by atoms with Crippen LogP contribution in [0.1, 0.15) is 79.1 Å². The van der Waals surface area contributed by atoms with E-state index < -0.39 is 24.1 Å². The van der Waals surface area contributed by atoms with Crippen LogP contribution < -0.4 is 0 Å². The number of alkyl halides is 1. The van der Waals surface area contributed by atoms with Crippen LogP contribution in [0.5, 0.6) is 0 Å².